The van der Waals surface area contributed by atoms with Crippen LogP contribution in [0.4, 0.5) is 0 Å². The quantitative estimate of drug-likeness (QED) is 0.220. The highest BCUT2D eigenvalue weighted by atomic mass is 127. The number of nitrogens with one attached hydrogen (secondary N) is 2. The normalized spacial score (nSPS) is 15.7. The van der Waals surface area contributed by atoms with Crippen LogP contribution >= 0.6 is 35.3 Å². The molecule has 2 aromatic rings. The van der Waals surface area contributed by atoms with Crippen molar-refractivity contribution < 1.29 is 0 Å². The van der Waals surface area contributed by atoms with Gasteiger partial charge in [-0.05, 0) is 51.8 Å². The summed E-state index contributed by atoms with van der Waals surface area (Å²) in [5.74, 6) is 0.915. The SMILES string of the molecule is CCNC(=NCC(c1ccccc1)N1CCCC1)NCCCc1nc(C)cs1.I. The molecule has 0 bridgehead atoms. The van der Waals surface area contributed by atoms with Crippen molar-refractivity contribution in [2.75, 3.05) is 32.7 Å². The molecule has 1 fully saturated rings. The number of benzene rings is 1. The number of halogens is 1. The molecule has 1 saturated heterocycles. The lowest BCUT2D eigenvalue weighted by atomic mass is 10.1. The Balaban J connectivity index is 0.00000300. The van der Waals surface area contributed by atoms with Crippen LogP contribution in [0.15, 0.2) is 40.7 Å². The largest absolute Gasteiger partial charge is 0.357 e. The first-order valence-corrected chi connectivity index (χ1v) is 11.4. The van der Waals surface area contributed by atoms with Crippen molar-refractivity contribution in [3.8, 4) is 0 Å². The summed E-state index contributed by atoms with van der Waals surface area (Å²) in [6, 6.07) is 11.2. The van der Waals surface area contributed by atoms with Crippen LogP contribution in [-0.4, -0.2) is 48.6 Å². The van der Waals surface area contributed by atoms with Gasteiger partial charge < -0.3 is 10.6 Å². The fourth-order valence-electron chi connectivity index (χ4n) is 3.64. The van der Waals surface area contributed by atoms with Gasteiger partial charge in [0.25, 0.3) is 0 Å². The molecule has 5 nitrogen and oxygen atoms in total. The van der Waals surface area contributed by atoms with Gasteiger partial charge >= 0.3 is 0 Å². The second-order valence-corrected chi connectivity index (χ2v) is 8.24. The maximum atomic E-state index is 4.92. The number of hydrogen-bond acceptors (Lipinski definition) is 4. The van der Waals surface area contributed by atoms with Crippen molar-refractivity contribution in [2.45, 2.75) is 45.6 Å². The Hall–Kier alpha value is -1.19. The van der Waals surface area contributed by atoms with E-state index in [2.05, 4.69) is 70.1 Å². The number of nitrogens with zero attached hydrogens (tertiary/aromatic N) is 3. The Labute approximate surface area is 196 Å². The third-order valence-corrected chi connectivity index (χ3v) is 6.09. The molecular weight excluding hydrogens is 493 g/mol. The topological polar surface area (TPSA) is 52.6 Å². The molecule has 160 valence electrons. The molecule has 1 aromatic carbocycles. The molecule has 0 saturated carbocycles. The van der Waals surface area contributed by atoms with Crippen molar-refractivity contribution in [3.63, 3.8) is 0 Å². The van der Waals surface area contributed by atoms with Gasteiger partial charge in [0.2, 0.25) is 0 Å². The van der Waals surface area contributed by atoms with Crippen molar-refractivity contribution in [3.05, 3.63) is 52.0 Å². The minimum Gasteiger partial charge on any atom is -0.357 e. The molecule has 0 radical (unpaired) electrons. The van der Waals surface area contributed by atoms with Crippen LogP contribution < -0.4 is 10.6 Å². The molecule has 1 aliphatic rings. The average molecular weight is 528 g/mol. The molecule has 1 aromatic heterocycles. The molecular formula is C22H34IN5S. The highest BCUT2D eigenvalue weighted by molar-refractivity contribution is 14.0. The molecule has 0 aliphatic carbocycles. The van der Waals surface area contributed by atoms with Crippen LogP contribution in [-0.2, 0) is 6.42 Å². The molecule has 3 rings (SSSR count). The number of rotatable bonds is 9. The molecule has 1 aliphatic heterocycles. The Kier molecular flexibility index (Phi) is 10.9. The van der Waals surface area contributed by atoms with E-state index in [-0.39, 0.29) is 24.0 Å². The Morgan fingerprint density at radius 3 is 2.62 bits per heavy atom. The van der Waals surface area contributed by atoms with Gasteiger partial charge in [-0.15, -0.1) is 35.3 Å². The van der Waals surface area contributed by atoms with Crippen LogP contribution in [0, 0.1) is 6.92 Å². The van der Waals surface area contributed by atoms with E-state index in [1.807, 2.05) is 0 Å². The van der Waals surface area contributed by atoms with Gasteiger partial charge in [0.15, 0.2) is 5.96 Å². The van der Waals surface area contributed by atoms with E-state index in [1.54, 1.807) is 11.3 Å². The number of aliphatic imine (C=N–C) groups is 1. The number of likely N-dealkylation sites (tertiary alicyclic amines) is 1. The van der Waals surface area contributed by atoms with Crippen molar-refractivity contribution in [2.24, 2.45) is 4.99 Å². The zero-order chi connectivity index (χ0) is 19.6. The molecule has 1 atom stereocenters. The van der Waals surface area contributed by atoms with E-state index in [0.29, 0.717) is 6.04 Å². The zero-order valence-corrected chi connectivity index (χ0v) is 20.7. The fraction of sp³-hybridized carbons (Fsp3) is 0.545. The molecule has 29 heavy (non-hydrogen) atoms. The third kappa shape index (κ3) is 7.86. The van der Waals surface area contributed by atoms with Crippen LogP contribution in [0.25, 0.3) is 0 Å². The Morgan fingerprint density at radius 1 is 1.21 bits per heavy atom. The maximum absolute atomic E-state index is 4.92. The zero-order valence-electron chi connectivity index (χ0n) is 17.6. The minimum absolute atomic E-state index is 0. The summed E-state index contributed by atoms with van der Waals surface area (Å²) in [5.41, 5.74) is 2.49. The minimum atomic E-state index is 0. The van der Waals surface area contributed by atoms with E-state index < -0.39 is 0 Å². The highest BCUT2D eigenvalue weighted by Gasteiger charge is 2.23. The van der Waals surface area contributed by atoms with Gasteiger partial charge in [-0.1, -0.05) is 30.3 Å². The number of hydrogen-bond donors (Lipinski definition) is 2. The standard InChI is InChI=1S/C22H33N5S.HI/c1-3-23-22(24-13-9-12-21-26-18(2)17-28-21)25-16-20(27-14-7-8-15-27)19-10-5-4-6-11-19;/h4-6,10-11,17,20H,3,7-9,12-16H2,1-2H3,(H2,23,24,25);1H. The molecule has 2 heterocycles. The Morgan fingerprint density at radius 2 is 1.97 bits per heavy atom. The summed E-state index contributed by atoms with van der Waals surface area (Å²) in [5, 5.41) is 10.2. The second-order valence-electron chi connectivity index (χ2n) is 7.30. The first-order chi connectivity index (χ1) is 13.8. The number of aryl methyl sites for hydroxylation is 2. The van der Waals surface area contributed by atoms with E-state index in [1.165, 1.54) is 36.5 Å². The van der Waals surface area contributed by atoms with Gasteiger partial charge in [-0.3, -0.25) is 9.89 Å². The predicted octanol–water partition coefficient (Wildman–Crippen LogP) is 4.39. The van der Waals surface area contributed by atoms with Gasteiger partial charge in [0.1, 0.15) is 0 Å². The average Bonchev–Trinajstić information content (AvgIpc) is 3.38. The molecule has 2 N–H and O–H groups in total. The lowest BCUT2D eigenvalue weighted by Crippen LogP contribution is -2.39. The fourth-order valence-corrected chi connectivity index (χ4v) is 4.46. The smallest absolute Gasteiger partial charge is 0.191 e. The van der Waals surface area contributed by atoms with Crippen molar-refractivity contribution in [1.29, 1.82) is 0 Å². The summed E-state index contributed by atoms with van der Waals surface area (Å²) in [6.45, 7) is 9.08. The molecule has 1 unspecified atom stereocenters. The monoisotopic (exact) mass is 527 g/mol. The van der Waals surface area contributed by atoms with Crippen LogP contribution in [0.2, 0.25) is 0 Å². The summed E-state index contributed by atoms with van der Waals surface area (Å²) in [7, 11) is 0. The van der Waals surface area contributed by atoms with E-state index in [9.17, 15) is 0 Å². The highest BCUT2D eigenvalue weighted by Crippen LogP contribution is 2.25. The van der Waals surface area contributed by atoms with Crippen LogP contribution in [0.1, 0.15) is 48.5 Å². The van der Waals surface area contributed by atoms with E-state index in [0.717, 1.165) is 44.1 Å². The molecule has 0 spiro atoms. The van der Waals surface area contributed by atoms with Gasteiger partial charge in [-0.2, -0.15) is 0 Å². The lowest BCUT2D eigenvalue weighted by molar-refractivity contribution is 0.251. The second kappa shape index (κ2) is 13.2. The summed E-state index contributed by atoms with van der Waals surface area (Å²) < 4.78 is 0. The van der Waals surface area contributed by atoms with Crippen molar-refractivity contribution >= 4 is 41.3 Å². The first-order valence-electron chi connectivity index (χ1n) is 10.5. The first kappa shape index (κ1) is 24.1. The number of guanidine groups is 1. The van der Waals surface area contributed by atoms with Gasteiger partial charge in [0, 0.05) is 30.6 Å². The molecule has 0 amide bonds. The summed E-state index contributed by atoms with van der Waals surface area (Å²) >= 11 is 1.75. The van der Waals surface area contributed by atoms with Crippen LogP contribution in [0.5, 0.6) is 0 Å². The lowest BCUT2D eigenvalue weighted by Gasteiger charge is -2.27. The van der Waals surface area contributed by atoms with Crippen LogP contribution in [0.3, 0.4) is 0 Å². The van der Waals surface area contributed by atoms with Gasteiger partial charge in [0.05, 0.1) is 17.6 Å². The third-order valence-electron chi connectivity index (χ3n) is 5.06. The number of thiazole rings is 1. The van der Waals surface area contributed by atoms with Gasteiger partial charge in [-0.25, -0.2) is 4.98 Å². The maximum Gasteiger partial charge on any atom is 0.191 e. The van der Waals surface area contributed by atoms with E-state index >= 15 is 0 Å². The predicted molar refractivity (Wildman–Crippen MR) is 135 cm³/mol. The Bertz CT molecular complexity index is 728. The summed E-state index contributed by atoms with van der Waals surface area (Å²) in [4.78, 5) is 12.0. The van der Waals surface area contributed by atoms with Crippen molar-refractivity contribution in [1.82, 2.24) is 20.5 Å². The van der Waals surface area contributed by atoms with E-state index in [4.69, 9.17) is 4.99 Å². The summed E-state index contributed by atoms with van der Waals surface area (Å²) in [6.07, 6.45) is 4.67. The number of aromatic nitrogens is 1. The molecule has 7 heteroatoms.